The number of carbonyl (C=O) groups is 1. The molecule has 5 rings (SSSR count). The topological polar surface area (TPSA) is 54.3 Å². The lowest BCUT2D eigenvalue weighted by molar-refractivity contribution is -0.118. The van der Waals surface area contributed by atoms with Crippen molar-refractivity contribution in [2.75, 3.05) is 16.8 Å². The smallest absolute Gasteiger partial charge is 0.256 e. The molecule has 0 bridgehead atoms. The zero-order valence-electron chi connectivity index (χ0n) is 20.4. The van der Waals surface area contributed by atoms with Crippen molar-refractivity contribution in [1.29, 1.82) is 0 Å². The Hall–Kier alpha value is -3.86. The van der Waals surface area contributed by atoms with E-state index in [9.17, 15) is 9.59 Å². The van der Waals surface area contributed by atoms with Gasteiger partial charge < -0.3 is 14.8 Å². The van der Waals surface area contributed by atoms with Gasteiger partial charge in [-0.25, -0.2) is 0 Å². The highest BCUT2D eigenvalue weighted by molar-refractivity contribution is 6.01. The summed E-state index contributed by atoms with van der Waals surface area (Å²) in [5.41, 5.74) is 4.63. The molecule has 35 heavy (non-hydrogen) atoms. The number of Topliss-reactive ketones (excluding diaryl/α,β-unsaturated/α-hetero) is 1. The molecule has 2 aliphatic rings. The maximum Gasteiger partial charge on any atom is 0.256 e. The number of rotatable bonds is 5. The van der Waals surface area contributed by atoms with Gasteiger partial charge in [0, 0.05) is 36.3 Å². The van der Waals surface area contributed by atoms with Crippen molar-refractivity contribution in [3.8, 4) is 0 Å². The van der Waals surface area contributed by atoms with Gasteiger partial charge in [-0.15, -0.1) is 13.2 Å². The van der Waals surface area contributed by atoms with E-state index in [2.05, 4.69) is 37.2 Å². The molecular formula is C30H31N3O2. The molecule has 1 N–H and O–H groups in total. The average molecular weight is 466 g/mol. The van der Waals surface area contributed by atoms with Gasteiger partial charge in [-0.3, -0.25) is 9.59 Å². The lowest BCUT2D eigenvalue weighted by Crippen LogP contribution is -2.39. The van der Waals surface area contributed by atoms with Gasteiger partial charge in [0.15, 0.2) is 5.78 Å². The number of nitrogens with one attached hydrogen (secondary N) is 1. The van der Waals surface area contributed by atoms with Crippen molar-refractivity contribution in [3.63, 3.8) is 0 Å². The number of fused-ring (bicyclic) bond motifs is 2. The van der Waals surface area contributed by atoms with Crippen molar-refractivity contribution in [2.24, 2.45) is 5.41 Å². The zero-order valence-corrected chi connectivity index (χ0v) is 20.4. The molecule has 5 nitrogen and oxygen atoms in total. The molecule has 3 aromatic rings. The molecule has 0 spiro atoms. The third kappa shape index (κ3) is 3.91. The van der Waals surface area contributed by atoms with E-state index in [4.69, 9.17) is 0 Å². The fourth-order valence-electron chi connectivity index (χ4n) is 5.57. The second-order valence-corrected chi connectivity index (χ2v) is 10.2. The largest absolute Gasteiger partial charge is 0.357 e. The van der Waals surface area contributed by atoms with Crippen LogP contribution in [0.2, 0.25) is 0 Å². The van der Waals surface area contributed by atoms with Gasteiger partial charge in [-0.1, -0.05) is 56.3 Å². The Morgan fingerprint density at radius 3 is 2.49 bits per heavy atom. The minimum atomic E-state index is -0.532. The molecule has 1 aliphatic heterocycles. The Bertz CT molecular complexity index is 1440. The summed E-state index contributed by atoms with van der Waals surface area (Å²) < 4.78 is 1.76. The molecule has 178 valence electrons. The van der Waals surface area contributed by atoms with E-state index in [-0.39, 0.29) is 16.8 Å². The molecule has 0 saturated carbocycles. The average Bonchev–Trinajstić information content (AvgIpc) is 2.95. The molecule has 1 atom stereocenters. The van der Waals surface area contributed by atoms with Gasteiger partial charge in [0.1, 0.15) is 0 Å². The van der Waals surface area contributed by atoms with Crippen LogP contribution in [-0.4, -0.2) is 16.9 Å². The highest BCUT2D eigenvalue weighted by atomic mass is 16.1. The number of benzene rings is 2. The third-order valence-corrected chi connectivity index (χ3v) is 6.97. The number of anilines is 2. The first-order valence-electron chi connectivity index (χ1n) is 12.1. The van der Waals surface area contributed by atoms with Crippen LogP contribution in [0.1, 0.15) is 38.3 Å². The van der Waals surface area contributed by atoms with Crippen LogP contribution in [0.25, 0.3) is 10.9 Å². The predicted octanol–water partition coefficient (Wildman–Crippen LogP) is 5.99. The Morgan fingerprint density at radius 2 is 1.71 bits per heavy atom. The highest BCUT2D eigenvalue weighted by Gasteiger charge is 2.42. The molecule has 1 aliphatic carbocycles. The van der Waals surface area contributed by atoms with Crippen LogP contribution in [0.3, 0.4) is 0 Å². The van der Waals surface area contributed by atoms with Crippen molar-refractivity contribution in [3.05, 3.63) is 107 Å². The van der Waals surface area contributed by atoms with Crippen molar-refractivity contribution >= 4 is 28.1 Å². The summed E-state index contributed by atoms with van der Waals surface area (Å²) in [6, 6.07) is 17.3. The fraction of sp³-hybridized carbons (Fsp3) is 0.267. The second-order valence-electron chi connectivity index (χ2n) is 10.2. The molecule has 0 radical (unpaired) electrons. The van der Waals surface area contributed by atoms with E-state index < -0.39 is 6.04 Å². The standard InChI is InChI=1S/C30H31N3O2/c1-5-15-32-25-14-10-8-12-22(25)31-23-18-30(3,4)19-26(34)27(23)28(32)21-17-20-11-7-9-13-24(20)33(16-6-2)29(21)35/h5-14,17,28,31H,1-2,15-16,18-19H2,3-4H3. The number of pyridine rings is 1. The minimum absolute atomic E-state index is 0.0819. The van der Waals surface area contributed by atoms with Crippen molar-refractivity contribution in [1.82, 2.24) is 4.57 Å². The molecule has 2 heterocycles. The SMILES string of the molecule is C=CCN1c2ccccc2NC2=C(C(=O)CC(C)(C)C2)C1c1cc2ccccc2n(CC=C)c1=O. The van der Waals surface area contributed by atoms with Gasteiger partial charge in [0.05, 0.1) is 22.9 Å². The molecule has 0 fully saturated rings. The van der Waals surface area contributed by atoms with Crippen LogP contribution in [-0.2, 0) is 11.3 Å². The Labute approximate surface area is 206 Å². The second kappa shape index (κ2) is 8.73. The lowest BCUT2D eigenvalue weighted by atomic mass is 9.73. The zero-order chi connectivity index (χ0) is 24.7. The van der Waals surface area contributed by atoms with Crippen LogP contribution in [0.5, 0.6) is 0 Å². The summed E-state index contributed by atoms with van der Waals surface area (Å²) in [5.74, 6) is 0.0819. The number of hydrogen-bond acceptors (Lipinski definition) is 4. The van der Waals surface area contributed by atoms with E-state index in [0.717, 1.165) is 34.4 Å². The van der Waals surface area contributed by atoms with E-state index in [1.54, 1.807) is 10.6 Å². The van der Waals surface area contributed by atoms with E-state index in [1.165, 1.54) is 0 Å². The first-order valence-corrected chi connectivity index (χ1v) is 12.1. The van der Waals surface area contributed by atoms with E-state index in [0.29, 0.717) is 30.6 Å². The number of ketones is 1. The number of para-hydroxylation sites is 3. The number of hydrogen-bond donors (Lipinski definition) is 1. The molecule has 1 unspecified atom stereocenters. The first kappa shape index (κ1) is 22.9. The normalized spacial score (nSPS) is 19.0. The number of aromatic nitrogens is 1. The molecule has 1 aromatic heterocycles. The monoisotopic (exact) mass is 465 g/mol. The summed E-state index contributed by atoms with van der Waals surface area (Å²) in [5, 5.41) is 4.55. The molecular weight excluding hydrogens is 434 g/mol. The van der Waals surface area contributed by atoms with Crippen molar-refractivity contribution in [2.45, 2.75) is 39.3 Å². The van der Waals surface area contributed by atoms with Crippen molar-refractivity contribution < 1.29 is 4.79 Å². The highest BCUT2D eigenvalue weighted by Crippen LogP contribution is 2.47. The van der Waals surface area contributed by atoms with Gasteiger partial charge in [-0.2, -0.15) is 0 Å². The summed E-state index contributed by atoms with van der Waals surface area (Å²) in [7, 11) is 0. The van der Waals surface area contributed by atoms with Gasteiger partial charge >= 0.3 is 0 Å². The van der Waals surface area contributed by atoms with Crippen LogP contribution in [0, 0.1) is 5.41 Å². The maximum atomic E-state index is 14.1. The predicted molar refractivity (Wildman–Crippen MR) is 144 cm³/mol. The Morgan fingerprint density at radius 1 is 1.00 bits per heavy atom. The van der Waals surface area contributed by atoms with Crippen LogP contribution in [0.4, 0.5) is 11.4 Å². The van der Waals surface area contributed by atoms with Gasteiger partial charge in [-0.05, 0) is 41.5 Å². The van der Waals surface area contributed by atoms with Gasteiger partial charge in [0.2, 0.25) is 0 Å². The molecule has 2 aromatic carbocycles. The third-order valence-electron chi connectivity index (χ3n) is 6.97. The number of carbonyl (C=O) groups excluding carboxylic acids is 1. The molecule has 0 saturated heterocycles. The summed E-state index contributed by atoms with van der Waals surface area (Å²) >= 11 is 0. The van der Waals surface area contributed by atoms with Crippen LogP contribution >= 0.6 is 0 Å². The van der Waals surface area contributed by atoms with Crippen LogP contribution in [0.15, 0.2) is 96.0 Å². The van der Waals surface area contributed by atoms with E-state index >= 15 is 0 Å². The number of nitrogens with zero attached hydrogens (tertiary/aromatic N) is 2. The quantitative estimate of drug-likeness (QED) is 0.470. The van der Waals surface area contributed by atoms with E-state index in [1.807, 2.05) is 60.7 Å². The Kier molecular flexibility index (Phi) is 5.72. The summed E-state index contributed by atoms with van der Waals surface area (Å²) in [4.78, 5) is 30.0. The molecule has 5 heteroatoms. The Balaban J connectivity index is 1.86. The summed E-state index contributed by atoms with van der Waals surface area (Å²) in [6.07, 6.45) is 4.74. The minimum Gasteiger partial charge on any atom is -0.357 e. The number of allylic oxidation sites excluding steroid dienone is 2. The van der Waals surface area contributed by atoms with Crippen LogP contribution < -0.4 is 15.8 Å². The van der Waals surface area contributed by atoms with Gasteiger partial charge in [0.25, 0.3) is 5.56 Å². The lowest BCUT2D eigenvalue weighted by Gasteiger charge is -2.37. The summed E-state index contributed by atoms with van der Waals surface area (Å²) in [6.45, 7) is 13.0. The fourth-order valence-corrected chi connectivity index (χ4v) is 5.57. The first-order chi connectivity index (χ1) is 16.8. The molecule has 0 amide bonds. The maximum absolute atomic E-state index is 14.1.